The molecule has 0 atom stereocenters. The molecule has 25 heavy (non-hydrogen) atoms. The molecular weight excluding hydrogens is 346 g/mol. The second-order valence-corrected chi connectivity index (χ2v) is 5.45. The lowest BCUT2D eigenvalue weighted by atomic mass is 10.2. The molecule has 126 valence electrons. The summed E-state index contributed by atoms with van der Waals surface area (Å²) in [6.07, 6.45) is 5.02. The van der Waals surface area contributed by atoms with Crippen molar-refractivity contribution in [3.05, 3.63) is 81.3 Å². The molecular formula is C16H12ClN5O3. The molecule has 3 aromatic rings. The number of nitro benzene ring substituents is 1. The van der Waals surface area contributed by atoms with Gasteiger partial charge in [-0.1, -0.05) is 17.7 Å². The molecule has 8 nitrogen and oxygen atoms in total. The summed E-state index contributed by atoms with van der Waals surface area (Å²) in [7, 11) is 0. The minimum Gasteiger partial charge on any atom is -0.348 e. The van der Waals surface area contributed by atoms with Gasteiger partial charge in [-0.25, -0.2) is 9.67 Å². The van der Waals surface area contributed by atoms with E-state index in [1.165, 1.54) is 12.1 Å². The summed E-state index contributed by atoms with van der Waals surface area (Å²) in [6.45, 7) is 0.204. The maximum absolute atomic E-state index is 12.3. The Labute approximate surface area is 147 Å². The predicted octanol–water partition coefficient (Wildman–Crippen LogP) is 2.76. The van der Waals surface area contributed by atoms with Crippen molar-refractivity contribution in [1.29, 1.82) is 0 Å². The fourth-order valence-corrected chi connectivity index (χ4v) is 2.50. The average Bonchev–Trinajstić information content (AvgIpc) is 3.14. The van der Waals surface area contributed by atoms with E-state index in [1.807, 2.05) is 6.07 Å². The van der Waals surface area contributed by atoms with Crippen LogP contribution in [0, 0.1) is 10.1 Å². The standard InChI is InChI=1S/C16H12ClN5O3/c17-14-9-12(22(24)25)4-5-13(14)16(23)19-10-11-3-1-6-18-15(11)21-8-2-7-20-21/h1-9H,10H2,(H,19,23). The number of hydrogen-bond acceptors (Lipinski definition) is 5. The maximum Gasteiger partial charge on any atom is 0.270 e. The van der Waals surface area contributed by atoms with Crippen molar-refractivity contribution >= 4 is 23.2 Å². The van der Waals surface area contributed by atoms with Crippen LogP contribution in [0.2, 0.25) is 5.02 Å². The van der Waals surface area contributed by atoms with E-state index in [2.05, 4.69) is 15.4 Å². The summed E-state index contributed by atoms with van der Waals surface area (Å²) >= 11 is 5.97. The number of hydrogen-bond donors (Lipinski definition) is 1. The van der Waals surface area contributed by atoms with Crippen molar-refractivity contribution in [1.82, 2.24) is 20.1 Å². The smallest absolute Gasteiger partial charge is 0.270 e. The van der Waals surface area contributed by atoms with E-state index >= 15 is 0 Å². The molecule has 2 aromatic heterocycles. The fourth-order valence-electron chi connectivity index (χ4n) is 2.24. The van der Waals surface area contributed by atoms with E-state index < -0.39 is 10.8 Å². The zero-order valence-electron chi connectivity index (χ0n) is 12.8. The van der Waals surface area contributed by atoms with Crippen LogP contribution < -0.4 is 5.32 Å². The molecule has 0 saturated carbocycles. The van der Waals surface area contributed by atoms with Crippen molar-refractivity contribution < 1.29 is 9.72 Å². The number of carbonyl (C=O) groups excluding carboxylic acids is 1. The highest BCUT2D eigenvalue weighted by Crippen LogP contribution is 2.22. The number of nitro groups is 1. The molecule has 2 heterocycles. The summed E-state index contributed by atoms with van der Waals surface area (Å²) in [6, 6.07) is 9.06. The molecule has 9 heteroatoms. The van der Waals surface area contributed by atoms with Gasteiger partial charge in [0.2, 0.25) is 0 Å². The second kappa shape index (κ2) is 7.10. The Morgan fingerprint density at radius 2 is 2.12 bits per heavy atom. The largest absolute Gasteiger partial charge is 0.348 e. The van der Waals surface area contributed by atoms with Gasteiger partial charge < -0.3 is 5.32 Å². The molecule has 0 radical (unpaired) electrons. The van der Waals surface area contributed by atoms with Crippen molar-refractivity contribution in [3.8, 4) is 5.82 Å². The van der Waals surface area contributed by atoms with Gasteiger partial charge in [-0.15, -0.1) is 0 Å². The van der Waals surface area contributed by atoms with E-state index in [9.17, 15) is 14.9 Å². The van der Waals surface area contributed by atoms with Gasteiger partial charge in [0.15, 0.2) is 5.82 Å². The lowest BCUT2D eigenvalue weighted by molar-refractivity contribution is -0.384. The Hall–Kier alpha value is -3.26. The van der Waals surface area contributed by atoms with Crippen molar-refractivity contribution in [2.75, 3.05) is 0 Å². The highest BCUT2D eigenvalue weighted by Gasteiger charge is 2.15. The van der Waals surface area contributed by atoms with Crippen LogP contribution >= 0.6 is 11.6 Å². The normalized spacial score (nSPS) is 10.4. The van der Waals surface area contributed by atoms with Gasteiger partial charge in [-0.3, -0.25) is 14.9 Å². The minimum absolute atomic E-state index is 0.0187. The molecule has 1 aromatic carbocycles. The Balaban J connectivity index is 1.77. The Morgan fingerprint density at radius 3 is 2.80 bits per heavy atom. The quantitative estimate of drug-likeness (QED) is 0.558. The first-order valence-corrected chi connectivity index (χ1v) is 7.60. The molecule has 0 fully saturated rings. The lowest BCUT2D eigenvalue weighted by Crippen LogP contribution is -2.24. The summed E-state index contributed by atoms with van der Waals surface area (Å²) in [5, 5.41) is 17.6. The zero-order chi connectivity index (χ0) is 17.8. The summed E-state index contributed by atoms with van der Waals surface area (Å²) in [4.78, 5) is 26.7. The Bertz CT molecular complexity index is 927. The van der Waals surface area contributed by atoms with Crippen LogP contribution in [0.1, 0.15) is 15.9 Å². The van der Waals surface area contributed by atoms with Gasteiger partial charge >= 0.3 is 0 Å². The highest BCUT2D eigenvalue weighted by atomic mass is 35.5. The van der Waals surface area contributed by atoms with Crippen molar-refractivity contribution in [2.45, 2.75) is 6.54 Å². The summed E-state index contributed by atoms with van der Waals surface area (Å²) in [5.74, 6) is 0.165. The number of pyridine rings is 1. The number of aromatic nitrogens is 3. The number of carbonyl (C=O) groups is 1. The molecule has 3 rings (SSSR count). The summed E-state index contributed by atoms with van der Waals surface area (Å²) < 4.78 is 1.60. The first kappa shape index (κ1) is 16.6. The number of benzene rings is 1. The molecule has 0 saturated heterocycles. The third-order valence-corrected chi connectivity index (χ3v) is 3.75. The van der Waals surface area contributed by atoms with Gasteiger partial charge in [-0.05, 0) is 18.2 Å². The molecule has 1 amide bonds. The minimum atomic E-state index is -0.570. The number of nitrogens with one attached hydrogen (secondary N) is 1. The van der Waals surface area contributed by atoms with Crippen molar-refractivity contribution in [2.24, 2.45) is 0 Å². The van der Waals surface area contributed by atoms with Crippen LogP contribution in [0.15, 0.2) is 55.0 Å². The Morgan fingerprint density at radius 1 is 1.28 bits per heavy atom. The van der Waals surface area contributed by atoms with E-state index in [1.54, 1.807) is 35.4 Å². The van der Waals surface area contributed by atoms with Crippen LogP contribution in [0.3, 0.4) is 0 Å². The van der Waals surface area contributed by atoms with Crippen LogP contribution in [0.5, 0.6) is 0 Å². The van der Waals surface area contributed by atoms with Gasteiger partial charge in [0.25, 0.3) is 11.6 Å². The molecule has 0 unspecified atom stereocenters. The molecule has 0 aliphatic carbocycles. The topological polar surface area (TPSA) is 103 Å². The molecule has 0 spiro atoms. The van der Waals surface area contributed by atoms with Gasteiger partial charge in [0.1, 0.15) is 0 Å². The molecule has 0 aliphatic rings. The Kier molecular flexibility index (Phi) is 4.71. The predicted molar refractivity (Wildman–Crippen MR) is 90.6 cm³/mol. The first-order valence-electron chi connectivity index (χ1n) is 7.22. The molecule has 1 N–H and O–H groups in total. The lowest BCUT2D eigenvalue weighted by Gasteiger charge is -2.10. The molecule has 0 aliphatic heterocycles. The van der Waals surface area contributed by atoms with Crippen LogP contribution in [-0.2, 0) is 6.54 Å². The SMILES string of the molecule is O=C(NCc1cccnc1-n1cccn1)c1ccc([N+](=O)[O-])cc1Cl. The monoisotopic (exact) mass is 357 g/mol. The number of nitrogens with zero attached hydrogens (tertiary/aromatic N) is 4. The summed E-state index contributed by atoms with van der Waals surface area (Å²) in [5.41, 5.74) is 0.754. The maximum atomic E-state index is 12.3. The second-order valence-electron chi connectivity index (χ2n) is 5.04. The molecule has 0 bridgehead atoms. The van der Waals surface area contributed by atoms with Crippen LogP contribution in [0.25, 0.3) is 5.82 Å². The zero-order valence-corrected chi connectivity index (χ0v) is 13.6. The van der Waals surface area contributed by atoms with Crippen LogP contribution in [-0.4, -0.2) is 25.6 Å². The van der Waals surface area contributed by atoms with E-state index in [-0.39, 0.29) is 22.8 Å². The third-order valence-electron chi connectivity index (χ3n) is 3.44. The van der Waals surface area contributed by atoms with Gasteiger partial charge in [-0.2, -0.15) is 5.10 Å². The van der Waals surface area contributed by atoms with E-state index in [0.29, 0.717) is 5.82 Å². The van der Waals surface area contributed by atoms with Crippen molar-refractivity contribution in [3.63, 3.8) is 0 Å². The van der Waals surface area contributed by atoms with Gasteiger partial charge in [0.05, 0.1) is 15.5 Å². The van der Waals surface area contributed by atoms with E-state index in [4.69, 9.17) is 11.6 Å². The highest BCUT2D eigenvalue weighted by molar-refractivity contribution is 6.34. The third kappa shape index (κ3) is 3.64. The van der Waals surface area contributed by atoms with Crippen LogP contribution in [0.4, 0.5) is 5.69 Å². The fraction of sp³-hybridized carbons (Fsp3) is 0.0625. The average molecular weight is 358 g/mol. The number of rotatable bonds is 5. The number of halogens is 1. The number of non-ortho nitro benzene ring substituents is 1. The van der Waals surface area contributed by atoms with Gasteiger partial charge in [0, 0.05) is 42.8 Å². The first-order chi connectivity index (χ1) is 12.1. The number of amides is 1. The van der Waals surface area contributed by atoms with E-state index in [0.717, 1.165) is 11.6 Å².